The maximum atomic E-state index is 12.7. The molecule has 1 saturated heterocycles. The van der Waals surface area contributed by atoms with Crippen molar-refractivity contribution in [3.05, 3.63) is 34.9 Å². The number of hydrogen-bond acceptors (Lipinski definition) is 5. The summed E-state index contributed by atoms with van der Waals surface area (Å²) in [7, 11) is 0. The predicted octanol–water partition coefficient (Wildman–Crippen LogP) is 4.20. The summed E-state index contributed by atoms with van der Waals surface area (Å²) in [5.41, 5.74) is 2.99. The number of piperidine rings is 1. The molecule has 5 nitrogen and oxygen atoms in total. The van der Waals surface area contributed by atoms with E-state index in [1.54, 1.807) is 0 Å². The minimum atomic E-state index is 0.168. The average Bonchev–Trinajstić information content (AvgIpc) is 3.41. The van der Waals surface area contributed by atoms with Crippen molar-refractivity contribution < 1.29 is 4.79 Å². The second kappa shape index (κ2) is 7.43. The van der Waals surface area contributed by atoms with Crippen LogP contribution in [0.3, 0.4) is 0 Å². The zero-order chi connectivity index (χ0) is 18.1. The summed E-state index contributed by atoms with van der Waals surface area (Å²) in [5.74, 6) is 1.59. The molecule has 1 saturated carbocycles. The number of aromatic nitrogens is 3. The summed E-state index contributed by atoms with van der Waals surface area (Å²) in [5, 5.41) is 9.83. The highest BCUT2D eigenvalue weighted by molar-refractivity contribution is 7.99. The topological polar surface area (TPSA) is 51.0 Å². The van der Waals surface area contributed by atoms with Gasteiger partial charge in [-0.05, 0) is 57.6 Å². The van der Waals surface area contributed by atoms with Crippen LogP contribution in [0.5, 0.6) is 0 Å². The quantitative estimate of drug-likeness (QED) is 0.563. The Morgan fingerprint density at radius 3 is 2.65 bits per heavy atom. The van der Waals surface area contributed by atoms with Gasteiger partial charge < -0.3 is 4.90 Å². The third kappa shape index (κ3) is 3.65. The first kappa shape index (κ1) is 17.6. The van der Waals surface area contributed by atoms with Crippen LogP contribution in [-0.4, -0.2) is 39.4 Å². The molecule has 1 aliphatic carbocycles. The Kier molecular flexibility index (Phi) is 5.02. The Labute approximate surface area is 159 Å². The Hall–Kier alpha value is -1.82. The van der Waals surface area contributed by atoms with Gasteiger partial charge in [0.05, 0.1) is 5.75 Å². The van der Waals surface area contributed by atoms with Crippen LogP contribution in [0, 0.1) is 13.8 Å². The van der Waals surface area contributed by atoms with Gasteiger partial charge in [-0.2, -0.15) is 0 Å². The zero-order valence-electron chi connectivity index (χ0n) is 15.6. The number of carbonyl (C=O) groups is 1. The molecular formula is C20H26N4OS. The number of anilines is 1. The van der Waals surface area contributed by atoms with Gasteiger partial charge in [-0.3, -0.25) is 9.36 Å². The van der Waals surface area contributed by atoms with Crippen molar-refractivity contribution in [3.63, 3.8) is 0 Å². The summed E-state index contributed by atoms with van der Waals surface area (Å²) in [6.45, 7) is 6.16. The van der Waals surface area contributed by atoms with Gasteiger partial charge in [0.25, 0.3) is 0 Å². The van der Waals surface area contributed by atoms with E-state index in [2.05, 4.69) is 19.7 Å². The lowest BCUT2D eigenvalue weighted by molar-refractivity contribution is 0.102. The van der Waals surface area contributed by atoms with Gasteiger partial charge in [-0.1, -0.05) is 29.5 Å². The van der Waals surface area contributed by atoms with Gasteiger partial charge in [0.1, 0.15) is 0 Å². The first-order valence-electron chi connectivity index (χ1n) is 9.56. The number of thioether (sulfide) groups is 1. The largest absolute Gasteiger partial charge is 0.341 e. The second-order valence-corrected chi connectivity index (χ2v) is 8.40. The molecule has 1 aliphatic heterocycles. The number of Topliss-reactive ketones (excluding diaryl/α,β-unsaturated/α-hetero) is 1. The first-order valence-corrected chi connectivity index (χ1v) is 10.5. The van der Waals surface area contributed by atoms with E-state index in [0.29, 0.717) is 11.8 Å². The van der Waals surface area contributed by atoms with Gasteiger partial charge in [0, 0.05) is 24.7 Å². The molecule has 138 valence electrons. The molecule has 1 aromatic carbocycles. The van der Waals surface area contributed by atoms with Crippen LogP contribution in [0.25, 0.3) is 0 Å². The van der Waals surface area contributed by atoms with Gasteiger partial charge in [0.2, 0.25) is 5.95 Å². The van der Waals surface area contributed by atoms with Crippen LogP contribution >= 0.6 is 11.8 Å². The van der Waals surface area contributed by atoms with E-state index >= 15 is 0 Å². The van der Waals surface area contributed by atoms with E-state index in [-0.39, 0.29) is 5.78 Å². The average molecular weight is 371 g/mol. The second-order valence-electron chi connectivity index (χ2n) is 7.46. The lowest BCUT2D eigenvalue weighted by Crippen LogP contribution is -2.31. The molecule has 0 atom stereocenters. The number of benzene rings is 1. The van der Waals surface area contributed by atoms with Crippen molar-refractivity contribution in [2.75, 3.05) is 23.7 Å². The lowest BCUT2D eigenvalue weighted by atomic mass is 10.0. The Morgan fingerprint density at radius 2 is 1.92 bits per heavy atom. The van der Waals surface area contributed by atoms with E-state index in [1.165, 1.54) is 43.9 Å². The van der Waals surface area contributed by atoms with E-state index in [0.717, 1.165) is 40.9 Å². The monoisotopic (exact) mass is 370 g/mol. The zero-order valence-corrected chi connectivity index (χ0v) is 16.4. The fraction of sp³-hybridized carbons (Fsp3) is 0.550. The molecular weight excluding hydrogens is 344 g/mol. The van der Waals surface area contributed by atoms with Crippen LogP contribution in [0.4, 0.5) is 5.95 Å². The first-order chi connectivity index (χ1) is 12.6. The van der Waals surface area contributed by atoms with Gasteiger partial charge in [0.15, 0.2) is 10.9 Å². The highest BCUT2D eigenvalue weighted by Gasteiger charge is 2.32. The molecule has 4 rings (SSSR count). The summed E-state index contributed by atoms with van der Waals surface area (Å²) >= 11 is 1.53. The molecule has 1 aromatic heterocycles. The minimum absolute atomic E-state index is 0.168. The number of carbonyl (C=O) groups excluding carboxylic acids is 1. The molecule has 0 radical (unpaired) electrons. The molecule has 0 unspecified atom stereocenters. The Balaban J connectivity index is 1.50. The highest BCUT2D eigenvalue weighted by Crippen LogP contribution is 2.41. The predicted molar refractivity (Wildman–Crippen MR) is 105 cm³/mol. The van der Waals surface area contributed by atoms with Crippen LogP contribution in [0.2, 0.25) is 0 Å². The normalized spacial score (nSPS) is 17.5. The summed E-state index contributed by atoms with van der Waals surface area (Å²) in [6.07, 6.45) is 6.14. The number of aryl methyl sites for hydroxylation is 2. The summed E-state index contributed by atoms with van der Waals surface area (Å²) < 4.78 is 2.28. The van der Waals surface area contributed by atoms with Crippen LogP contribution < -0.4 is 4.90 Å². The molecule has 0 N–H and O–H groups in total. The van der Waals surface area contributed by atoms with E-state index in [1.807, 2.05) is 32.0 Å². The van der Waals surface area contributed by atoms with Crippen LogP contribution in [0.1, 0.15) is 59.6 Å². The van der Waals surface area contributed by atoms with Crippen molar-refractivity contribution in [3.8, 4) is 0 Å². The van der Waals surface area contributed by atoms with Gasteiger partial charge >= 0.3 is 0 Å². The van der Waals surface area contributed by atoms with Crippen LogP contribution in [0.15, 0.2) is 23.4 Å². The number of nitrogens with zero attached hydrogens (tertiary/aromatic N) is 4. The van der Waals surface area contributed by atoms with Crippen molar-refractivity contribution in [1.82, 2.24) is 14.8 Å². The maximum absolute atomic E-state index is 12.7. The lowest BCUT2D eigenvalue weighted by Gasteiger charge is -2.27. The molecule has 0 bridgehead atoms. The third-order valence-corrected chi connectivity index (χ3v) is 6.17. The Morgan fingerprint density at radius 1 is 1.15 bits per heavy atom. The molecule has 2 fully saturated rings. The fourth-order valence-electron chi connectivity index (χ4n) is 3.57. The van der Waals surface area contributed by atoms with Crippen molar-refractivity contribution in [2.24, 2.45) is 0 Å². The van der Waals surface area contributed by atoms with Gasteiger partial charge in [-0.25, -0.2) is 0 Å². The van der Waals surface area contributed by atoms with Crippen molar-refractivity contribution in [1.29, 1.82) is 0 Å². The Bertz CT molecular complexity index is 806. The van der Waals surface area contributed by atoms with E-state index in [4.69, 9.17) is 0 Å². The number of ketones is 1. The molecule has 0 spiro atoms. The molecule has 2 aliphatic rings. The molecule has 0 amide bonds. The molecule has 2 aromatic rings. The minimum Gasteiger partial charge on any atom is -0.341 e. The van der Waals surface area contributed by atoms with Crippen molar-refractivity contribution >= 4 is 23.5 Å². The summed E-state index contributed by atoms with van der Waals surface area (Å²) in [4.78, 5) is 15.1. The molecule has 26 heavy (non-hydrogen) atoms. The fourth-order valence-corrected chi connectivity index (χ4v) is 4.46. The molecule has 6 heteroatoms. The van der Waals surface area contributed by atoms with Crippen LogP contribution in [-0.2, 0) is 0 Å². The maximum Gasteiger partial charge on any atom is 0.228 e. The molecule has 2 heterocycles. The van der Waals surface area contributed by atoms with Gasteiger partial charge in [-0.15, -0.1) is 10.2 Å². The number of hydrogen-bond donors (Lipinski definition) is 0. The SMILES string of the molecule is Cc1ccc(C)c(C(=O)CSc2nnc(N3CCCCC3)n2C2CC2)c1. The third-order valence-electron chi connectivity index (χ3n) is 5.22. The summed E-state index contributed by atoms with van der Waals surface area (Å²) in [6, 6.07) is 6.57. The smallest absolute Gasteiger partial charge is 0.228 e. The standard InChI is InChI=1S/C20H26N4OS/c1-14-6-7-15(2)17(12-14)18(25)13-26-20-22-21-19(24(20)16-8-9-16)23-10-4-3-5-11-23/h6-7,12,16H,3-5,8-11,13H2,1-2H3. The number of rotatable bonds is 6. The van der Waals surface area contributed by atoms with E-state index in [9.17, 15) is 4.79 Å². The van der Waals surface area contributed by atoms with Crippen molar-refractivity contribution in [2.45, 2.75) is 57.1 Å². The highest BCUT2D eigenvalue weighted by atomic mass is 32.2. The van der Waals surface area contributed by atoms with E-state index < -0.39 is 0 Å².